The first-order valence-corrected chi connectivity index (χ1v) is 13.3. The second-order valence-electron chi connectivity index (χ2n) is 10.9. The molecule has 202 valence electrons. The standard InChI is InChI=1S/C31H35F2NO4/c1-37-26-17-21(19-34-15-13-30(14-16-34)11-12-31(32,33)20-30)18-27(38-2)29(26)25-8-4-6-23-22(9-10-28(35)36)5-3-7-24(23)25/h3-8,17-18H,9-16,19-20H2,1-2H3,(H,35,36). The summed E-state index contributed by atoms with van der Waals surface area (Å²) < 4.78 is 39.5. The number of carboxylic acid groups (broad SMARTS) is 1. The van der Waals surface area contributed by atoms with E-state index in [1.807, 2.05) is 48.5 Å². The molecular weight excluding hydrogens is 488 g/mol. The van der Waals surface area contributed by atoms with Gasteiger partial charge in [0.15, 0.2) is 0 Å². The van der Waals surface area contributed by atoms with Crippen LogP contribution < -0.4 is 9.47 Å². The fraction of sp³-hybridized carbons (Fsp3) is 0.452. The van der Waals surface area contributed by atoms with E-state index in [0.29, 0.717) is 30.9 Å². The lowest BCUT2D eigenvalue weighted by molar-refractivity contribution is -0.136. The predicted molar refractivity (Wildman–Crippen MR) is 144 cm³/mol. The summed E-state index contributed by atoms with van der Waals surface area (Å²) in [6.07, 6.45) is 2.85. The molecule has 1 saturated carbocycles. The summed E-state index contributed by atoms with van der Waals surface area (Å²) in [4.78, 5) is 13.5. The highest BCUT2D eigenvalue weighted by Crippen LogP contribution is 2.53. The number of methoxy groups -OCH3 is 2. The number of hydrogen-bond acceptors (Lipinski definition) is 4. The van der Waals surface area contributed by atoms with E-state index in [1.54, 1.807) is 14.2 Å². The number of alkyl halides is 2. The average molecular weight is 524 g/mol. The van der Waals surface area contributed by atoms with Gasteiger partial charge in [-0.25, -0.2) is 8.78 Å². The SMILES string of the molecule is COc1cc(CN2CCC3(CC2)CCC(F)(F)C3)cc(OC)c1-c1cccc2c(CCC(=O)O)cccc12. The molecule has 5 rings (SSSR count). The van der Waals surface area contributed by atoms with E-state index in [9.17, 15) is 13.6 Å². The van der Waals surface area contributed by atoms with Crippen LogP contribution in [-0.4, -0.2) is 49.2 Å². The summed E-state index contributed by atoms with van der Waals surface area (Å²) >= 11 is 0. The fourth-order valence-electron chi connectivity index (χ4n) is 6.42. The van der Waals surface area contributed by atoms with Gasteiger partial charge in [0.2, 0.25) is 5.92 Å². The maximum absolute atomic E-state index is 13.9. The largest absolute Gasteiger partial charge is 0.496 e. The highest BCUT2D eigenvalue weighted by atomic mass is 19.3. The molecule has 1 saturated heterocycles. The molecule has 7 heteroatoms. The van der Waals surface area contributed by atoms with Crippen molar-refractivity contribution >= 4 is 16.7 Å². The van der Waals surface area contributed by atoms with Crippen molar-refractivity contribution in [3.05, 3.63) is 59.7 Å². The molecule has 1 aliphatic heterocycles. The lowest BCUT2D eigenvalue weighted by Crippen LogP contribution is -2.39. The number of aryl methyl sites for hydroxylation is 1. The van der Waals surface area contributed by atoms with E-state index >= 15 is 0 Å². The zero-order valence-corrected chi connectivity index (χ0v) is 22.1. The Labute approximate surface area is 222 Å². The first-order valence-electron chi connectivity index (χ1n) is 13.3. The van der Waals surface area contributed by atoms with Crippen molar-refractivity contribution in [3.8, 4) is 22.6 Å². The van der Waals surface area contributed by atoms with Crippen LogP contribution in [0.15, 0.2) is 48.5 Å². The molecule has 0 atom stereocenters. The Morgan fingerprint density at radius 1 is 0.947 bits per heavy atom. The molecule has 2 aliphatic rings. The second kappa shape index (κ2) is 10.5. The number of piperidine rings is 1. The molecule has 2 fully saturated rings. The Morgan fingerprint density at radius 3 is 2.21 bits per heavy atom. The highest BCUT2D eigenvalue weighted by molar-refractivity contribution is 6.01. The average Bonchev–Trinajstić information content (AvgIpc) is 3.21. The highest BCUT2D eigenvalue weighted by Gasteiger charge is 2.50. The molecule has 1 aliphatic carbocycles. The second-order valence-corrected chi connectivity index (χ2v) is 10.9. The summed E-state index contributed by atoms with van der Waals surface area (Å²) in [5.41, 5.74) is 3.66. The number of likely N-dealkylation sites (tertiary alicyclic amines) is 1. The Hall–Kier alpha value is -3.19. The van der Waals surface area contributed by atoms with Gasteiger partial charge in [-0.2, -0.15) is 0 Å². The van der Waals surface area contributed by atoms with E-state index < -0.39 is 11.9 Å². The Balaban J connectivity index is 1.42. The summed E-state index contributed by atoms with van der Waals surface area (Å²) in [7, 11) is 3.30. The van der Waals surface area contributed by atoms with Gasteiger partial charge in [-0.1, -0.05) is 36.4 Å². The number of carbonyl (C=O) groups is 1. The van der Waals surface area contributed by atoms with Crippen molar-refractivity contribution in [2.45, 2.75) is 57.4 Å². The molecule has 3 aromatic rings. The number of ether oxygens (including phenoxy) is 2. The third kappa shape index (κ3) is 5.35. The number of halogens is 2. The first-order chi connectivity index (χ1) is 18.2. The predicted octanol–water partition coefficient (Wildman–Crippen LogP) is 6.94. The number of hydrogen-bond donors (Lipinski definition) is 1. The van der Waals surface area contributed by atoms with Crippen molar-refractivity contribution in [1.82, 2.24) is 4.90 Å². The van der Waals surface area contributed by atoms with Crippen LogP contribution in [0.5, 0.6) is 11.5 Å². The Morgan fingerprint density at radius 2 is 1.61 bits per heavy atom. The van der Waals surface area contributed by atoms with Gasteiger partial charge in [0.25, 0.3) is 0 Å². The molecule has 5 nitrogen and oxygen atoms in total. The molecule has 1 heterocycles. The number of rotatable bonds is 8. The minimum atomic E-state index is -2.50. The first kappa shape index (κ1) is 26.4. The van der Waals surface area contributed by atoms with Crippen LogP contribution in [0.2, 0.25) is 0 Å². The van der Waals surface area contributed by atoms with Gasteiger partial charge in [-0.3, -0.25) is 9.69 Å². The fourth-order valence-corrected chi connectivity index (χ4v) is 6.42. The number of fused-ring (bicyclic) bond motifs is 1. The van der Waals surface area contributed by atoms with E-state index in [0.717, 1.165) is 59.0 Å². The quantitative estimate of drug-likeness (QED) is 0.347. The van der Waals surface area contributed by atoms with Gasteiger partial charge in [0.1, 0.15) is 11.5 Å². The van der Waals surface area contributed by atoms with Crippen molar-refractivity contribution < 1.29 is 28.2 Å². The number of nitrogens with zero attached hydrogens (tertiary/aromatic N) is 1. The zero-order chi connectivity index (χ0) is 26.9. The zero-order valence-electron chi connectivity index (χ0n) is 22.1. The minimum absolute atomic E-state index is 0.0259. The smallest absolute Gasteiger partial charge is 0.303 e. The monoisotopic (exact) mass is 523 g/mol. The van der Waals surface area contributed by atoms with Crippen molar-refractivity contribution in [3.63, 3.8) is 0 Å². The van der Waals surface area contributed by atoms with E-state index in [-0.39, 0.29) is 24.7 Å². The lowest BCUT2D eigenvalue weighted by Gasteiger charge is -2.39. The van der Waals surface area contributed by atoms with Gasteiger partial charge in [-0.05, 0) is 83.8 Å². The summed E-state index contributed by atoms with van der Waals surface area (Å²) in [6.45, 7) is 2.32. The molecule has 0 radical (unpaired) electrons. The van der Waals surface area contributed by atoms with E-state index in [4.69, 9.17) is 14.6 Å². The van der Waals surface area contributed by atoms with Gasteiger partial charge < -0.3 is 14.6 Å². The molecule has 0 aromatic heterocycles. The molecular formula is C31H35F2NO4. The lowest BCUT2D eigenvalue weighted by atomic mass is 9.77. The van der Waals surface area contributed by atoms with Crippen LogP contribution in [0.1, 0.15) is 49.7 Å². The van der Waals surface area contributed by atoms with Crippen LogP contribution >= 0.6 is 0 Å². The molecule has 1 N–H and O–H groups in total. The third-order valence-corrected chi connectivity index (χ3v) is 8.43. The normalized spacial score (nSPS) is 18.6. The van der Waals surface area contributed by atoms with Crippen LogP contribution in [0.25, 0.3) is 21.9 Å². The van der Waals surface area contributed by atoms with Crippen molar-refractivity contribution in [1.29, 1.82) is 0 Å². The van der Waals surface area contributed by atoms with Crippen molar-refractivity contribution in [2.24, 2.45) is 5.41 Å². The number of aliphatic carboxylic acids is 1. The van der Waals surface area contributed by atoms with E-state index in [1.165, 1.54) is 0 Å². The molecule has 3 aromatic carbocycles. The molecule has 38 heavy (non-hydrogen) atoms. The van der Waals surface area contributed by atoms with Gasteiger partial charge >= 0.3 is 5.97 Å². The van der Waals surface area contributed by atoms with Crippen molar-refractivity contribution in [2.75, 3.05) is 27.3 Å². The molecule has 0 amide bonds. The third-order valence-electron chi connectivity index (χ3n) is 8.43. The maximum atomic E-state index is 13.9. The van der Waals surface area contributed by atoms with E-state index in [2.05, 4.69) is 4.90 Å². The Bertz CT molecular complexity index is 1310. The Kier molecular flexibility index (Phi) is 7.32. The topological polar surface area (TPSA) is 59.0 Å². The summed E-state index contributed by atoms with van der Waals surface area (Å²) in [6, 6.07) is 16.1. The molecule has 0 bridgehead atoms. The van der Waals surface area contributed by atoms with Gasteiger partial charge in [0.05, 0.1) is 19.8 Å². The van der Waals surface area contributed by atoms with Gasteiger partial charge in [-0.15, -0.1) is 0 Å². The van der Waals surface area contributed by atoms with Crippen LogP contribution in [0.4, 0.5) is 8.78 Å². The summed E-state index contributed by atoms with van der Waals surface area (Å²) in [5, 5.41) is 11.2. The number of benzene rings is 3. The van der Waals surface area contributed by atoms with Crippen LogP contribution in [0, 0.1) is 5.41 Å². The maximum Gasteiger partial charge on any atom is 0.303 e. The van der Waals surface area contributed by atoms with Gasteiger partial charge in [0, 0.05) is 25.8 Å². The molecule has 0 unspecified atom stereocenters. The van der Waals surface area contributed by atoms with Crippen LogP contribution in [0.3, 0.4) is 0 Å². The number of carboxylic acids is 1. The molecule has 1 spiro atoms. The minimum Gasteiger partial charge on any atom is -0.496 e. The summed E-state index contributed by atoms with van der Waals surface area (Å²) in [5.74, 6) is -1.92. The van der Waals surface area contributed by atoms with Crippen LogP contribution in [-0.2, 0) is 17.8 Å².